The van der Waals surface area contributed by atoms with Crippen molar-refractivity contribution >= 4 is 28.9 Å². The lowest BCUT2D eigenvalue weighted by atomic mass is 10.1. The first kappa shape index (κ1) is 24.8. The molecule has 37 heavy (non-hydrogen) atoms. The Labute approximate surface area is 212 Å². The van der Waals surface area contributed by atoms with Gasteiger partial charge in [-0.2, -0.15) is 0 Å². The van der Waals surface area contributed by atoms with E-state index in [4.69, 9.17) is 15.2 Å². The third kappa shape index (κ3) is 4.52. The number of fused-ring (bicyclic) bond motifs is 1. The van der Waals surface area contributed by atoms with Gasteiger partial charge in [-0.3, -0.25) is 4.79 Å². The van der Waals surface area contributed by atoms with Crippen molar-refractivity contribution in [3.8, 4) is 17.1 Å². The second-order valence-electron chi connectivity index (χ2n) is 9.36. The highest BCUT2D eigenvalue weighted by Crippen LogP contribution is 2.35. The van der Waals surface area contributed by atoms with Gasteiger partial charge >= 0.3 is 6.09 Å². The average Bonchev–Trinajstić information content (AvgIpc) is 3.49. The first-order valence-corrected chi connectivity index (χ1v) is 12.2. The lowest BCUT2D eigenvalue weighted by Crippen LogP contribution is -2.46. The zero-order valence-electron chi connectivity index (χ0n) is 20.7. The third-order valence-electron chi connectivity index (χ3n) is 7.05. The number of carbonyl (C=O) groups is 2. The van der Waals surface area contributed by atoms with Gasteiger partial charge < -0.3 is 34.7 Å². The molecule has 2 aliphatic heterocycles. The Kier molecular flexibility index (Phi) is 6.59. The van der Waals surface area contributed by atoms with Crippen LogP contribution in [-0.4, -0.2) is 82.0 Å². The molecule has 2 saturated heterocycles. The molecule has 1 aromatic carbocycles. The maximum atomic E-state index is 15.4. The van der Waals surface area contributed by atoms with E-state index in [1.165, 1.54) is 18.1 Å². The van der Waals surface area contributed by atoms with Gasteiger partial charge in [-0.25, -0.2) is 19.2 Å². The van der Waals surface area contributed by atoms with E-state index in [9.17, 15) is 14.7 Å². The Balaban J connectivity index is 1.62. The summed E-state index contributed by atoms with van der Waals surface area (Å²) in [6.45, 7) is 3.92. The number of halogens is 1. The number of primary amides is 1. The number of morpholine rings is 1. The maximum absolute atomic E-state index is 15.4. The van der Waals surface area contributed by atoms with Crippen LogP contribution in [0, 0.1) is 5.82 Å². The molecule has 11 nitrogen and oxygen atoms in total. The van der Waals surface area contributed by atoms with Crippen LogP contribution in [-0.2, 0) is 11.3 Å². The summed E-state index contributed by atoms with van der Waals surface area (Å²) in [6.07, 6.45) is 2.35. The summed E-state index contributed by atoms with van der Waals surface area (Å²) in [5.74, 6) is -0.338. The number of pyridine rings is 1. The van der Waals surface area contributed by atoms with Crippen LogP contribution in [0.3, 0.4) is 0 Å². The first-order valence-electron chi connectivity index (χ1n) is 12.2. The molecule has 5 rings (SSSR count). The summed E-state index contributed by atoms with van der Waals surface area (Å²) in [5, 5.41) is 9.45. The van der Waals surface area contributed by atoms with Crippen LogP contribution in [0.5, 0.6) is 5.75 Å². The summed E-state index contributed by atoms with van der Waals surface area (Å²) >= 11 is 0. The number of methoxy groups -OCH3 is 1. The van der Waals surface area contributed by atoms with Crippen molar-refractivity contribution in [2.24, 2.45) is 5.73 Å². The second-order valence-corrected chi connectivity index (χ2v) is 9.36. The van der Waals surface area contributed by atoms with Crippen LogP contribution in [0.2, 0.25) is 0 Å². The standard InChI is InChI=1S/C25H29FN6O5/c1-14-4-3-7-31(14)19-6-5-15(11-28-19)24-29-21-20(26)17(23(27)33)10-18(36-2)22(21)32(24)13-16-12-30(25(34)35)8-9-37-16/h5-6,10-11,14,16H,3-4,7-9,12-13H2,1-2H3,(H2,27,33)(H,34,35)/t14-,16-/m0/s1. The average molecular weight is 513 g/mol. The molecule has 12 heteroatoms. The molecular weight excluding hydrogens is 483 g/mol. The topological polar surface area (TPSA) is 136 Å². The van der Waals surface area contributed by atoms with Crippen LogP contribution in [0.4, 0.5) is 15.0 Å². The minimum absolute atomic E-state index is 0.0775. The molecule has 2 atom stereocenters. The van der Waals surface area contributed by atoms with E-state index < -0.39 is 23.9 Å². The van der Waals surface area contributed by atoms with Gasteiger partial charge in [0.1, 0.15) is 28.4 Å². The molecule has 2 amide bonds. The van der Waals surface area contributed by atoms with Gasteiger partial charge in [-0.15, -0.1) is 0 Å². The molecule has 2 fully saturated rings. The Hall–Kier alpha value is -3.93. The highest BCUT2D eigenvalue weighted by Gasteiger charge is 2.29. The Morgan fingerprint density at radius 3 is 2.76 bits per heavy atom. The second kappa shape index (κ2) is 9.85. The molecule has 0 saturated carbocycles. The predicted molar refractivity (Wildman–Crippen MR) is 133 cm³/mol. The molecule has 2 aliphatic rings. The third-order valence-corrected chi connectivity index (χ3v) is 7.05. The number of rotatable bonds is 6. The van der Waals surface area contributed by atoms with E-state index in [1.807, 2.05) is 12.1 Å². The Bertz CT molecular complexity index is 1340. The number of nitrogens with zero attached hydrogens (tertiary/aromatic N) is 5. The fourth-order valence-corrected chi connectivity index (χ4v) is 5.15. The van der Waals surface area contributed by atoms with Crippen LogP contribution in [0.25, 0.3) is 22.4 Å². The number of anilines is 1. The quantitative estimate of drug-likeness (QED) is 0.515. The first-order chi connectivity index (χ1) is 17.8. The van der Waals surface area contributed by atoms with Crippen molar-refractivity contribution in [1.29, 1.82) is 0 Å². The van der Waals surface area contributed by atoms with Crippen LogP contribution in [0.1, 0.15) is 30.1 Å². The molecule has 0 bridgehead atoms. The summed E-state index contributed by atoms with van der Waals surface area (Å²) < 4.78 is 28.5. The number of carbonyl (C=O) groups excluding carboxylic acids is 1. The van der Waals surface area contributed by atoms with Crippen molar-refractivity contribution in [2.75, 3.05) is 38.3 Å². The SMILES string of the molecule is COc1cc(C(N)=O)c(F)c2nc(-c3ccc(N4CCC[C@@H]4C)nc3)n(C[C@@H]3CN(C(=O)O)CCO3)c12. The number of ether oxygens (including phenoxy) is 2. The smallest absolute Gasteiger partial charge is 0.407 e. The summed E-state index contributed by atoms with van der Waals surface area (Å²) in [4.78, 5) is 36.2. The molecule has 4 heterocycles. The number of hydrogen-bond donors (Lipinski definition) is 2. The van der Waals surface area contributed by atoms with E-state index in [0.29, 0.717) is 22.9 Å². The Morgan fingerprint density at radius 1 is 1.32 bits per heavy atom. The largest absolute Gasteiger partial charge is 0.494 e. The van der Waals surface area contributed by atoms with Crippen LogP contribution in [0.15, 0.2) is 24.4 Å². The van der Waals surface area contributed by atoms with Gasteiger partial charge in [0, 0.05) is 30.9 Å². The van der Waals surface area contributed by atoms with E-state index >= 15 is 4.39 Å². The van der Waals surface area contributed by atoms with Crippen LogP contribution < -0.4 is 15.4 Å². The number of hydrogen-bond acceptors (Lipinski definition) is 7. The number of imidazole rings is 1. The highest BCUT2D eigenvalue weighted by molar-refractivity contribution is 5.99. The normalized spacial score (nSPS) is 20.0. The van der Waals surface area contributed by atoms with Crippen molar-refractivity contribution in [1.82, 2.24) is 19.4 Å². The van der Waals surface area contributed by atoms with Crippen molar-refractivity contribution in [3.05, 3.63) is 35.8 Å². The lowest BCUT2D eigenvalue weighted by Gasteiger charge is -2.31. The molecule has 3 N–H and O–H groups in total. The van der Waals surface area contributed by atoms with Crippen LogP contribution >= 0.6 is 0 Å². The van der Waals surface area contributed by atoms with Gasteiger partial charge in [0.2, 0.25) is 0 Å². The van der Waals surface area contributed by atoms with Gasteiger partial charge in [0.15, 0.2) is 5.82 Å². The Morgan fingerprint density at radius 2 is 2.14 bits per heavy atom. The van der Waals surface area contributed by atoms with Crippen molar-refractivity contribution < 1.29 is 28.6 Å². The monoisotopic (exact) mass is 512 g/mol. The molecule has 0 unspecified atom stereocenters. The van der Waals surface area contributed by atoms with Crippen molar-refractivity contribution in [2.45, 2.75) is 38.5 Å². The molecule has 0 radical (unpaired) electrons. The molecule has 0 spiro atoms. The van der Waals surface area contributed by atoms with Gasteiger partial charge in [0.05, 0.1) is 38.5 Å². The van der Waals surface area contributed by atoms with E-state index in [1.54, 1.807) is 10.8 Å². The number of carboxylic acid groups (broad SMARTS) is 1. The zero-order valence-corrected chi connectivity index (χ0v) is 20.7. The number of aromatic nitrogens is 3. The summed E-state index contributed by atoms with van der Waals surface area (Å²) in [5.41, 5.74) is 5.93. The fraction of sp³-hybridized carbons (Fsp3) is 0.440. The highest BCUT2D eigenvalue weighted by atomic mass is 19.1. The number of benzene rings is 1. The van der Waals surface area contributed by atoms with E-state index in [0.717, 1.165) is 25.2 Å². The molecule has 3 aromatic rings. The molecule has 2 aromatic heterocycles. The maximum Gasteiger partial charge on any atom is 0.407 e. The van der Waals surface area contributed by atoms with E-state index in [2.05, 4.69) is 21.8 Å². The minimum atomic E-state index is -1.03. The van der Waals surface area contributed by atoms with Gasteiger partial charge in [-0.05, 0) is 38.0 Å². The summed E-state index contributed by atoms with van der Waals surface area (Å²) in [6, 6.07) is 5.43. The minimum Gasteiger partial charge on any atom is -0.494 e. The number of amides is 2. The van der Waals surface area contributed by atoms with Gasteiger partial charge in [-0.1, -0.05) is 0 Å². The fourth-order valence-electron chi connectivity index (χ4n) is 5.15. The molecular formula is C25H29FN6O5. The summed E-state index contributed by atoms with van der Waals surface area (Å²) in [7, 11) is 1.41. The zero-order chi connectivity index (χ0) is 26.3. The predicted octanol–water partition coefficient (Wildman–Crippen LogP) is 2.71. The van der Waals surface area contributed by atoms with Crippen molar-refractivity contribution in [3.63, 3.8) is 0 Å². The lowest BCUT2D eigenvalue weighted by molar-refractivity contribution is -0.0286. The van der Waals surface area contributed by atoms with E-state index in [-0.39, 0.29) is 43.1 Å². The molecule has 0 aliphatic carbocycles. The van der Waals surface area contributed by atoms with Gasteiger partial charge in [0.25, 0.3) is 5.91 Å². The number of nitrogens with two attached hydrogens (primary N) is 1. The molecule has 196 valence electrons.